The molecule has 11 heteroatoms. The van der Waals surface area contributed by atoms with Crippen molar-refractivity contribution >= 4 is 25.7 Å². The predicted molar refractivity (Wildman–Crippen MR) is 56.3 cm³/mol. The summed E-state index contributed by atoms with van der Waals surface area (Å²) in [6, 6.07) is 1.86. The molecule has 1 aromatic carbocycles. The van der Waals surface area contributed by atoms with Gasteiger partial charge in [-0.1, -0.05) is 0 Å². The van der Waals surface area contributed by atoms with Crippen LogP contribution in [0.5, 0.6) is 0 Å². The Balaban J connectivity index is 3.27. The van der Waals surface area contributed by atoms with Crippen molar-refractivity contribution in [1.29, 1.82) is 0 Å². The quantitative estimate of drug-likeness (QED) is 0.841. The minimum absolute atomic E-state index is 0.505. The molecule has 6 nitrogen and oxygen atoms in total. The molecular weight excluding hydrogens is 297 g/mol. The summed E-state index contributed by atoms with van der Waals surface area (Å²) in [5.74, 6) is -5.00. The molecule has 0 atom stereocenters. The lowest BCUT2D eigenvalue weighted by atomic mass is 10.3. The Bertz CT molecular complexity index is 657. The number of hydrogen-bond acceptors (Lipinski definition) is 4. The molecule has 1 aromatic rings. The minimum Gasteiger partial charge on any atom is -0.276 e. The van der Waals surface area contributed by atoms with Gasteiger partial charge in [-0.25, -0.2) is 26.4 Å². The van der Waals surface area contributed by atoms with Crippen LogP contribution >= 0.6 is 0 Å². The van der Waals surface area contributed by atoms with Crippen molar-refractivity contribution in [3.63, 3.8) is 0 Å². The van der Waals surface area contributed by atoms with Crippen LogP contribution in [0.3, 0.4) is 0 Å². The molecule has 3 N–H and O–H groups in total. The van der Waals surface area contributed by atoms with E-state index in [1.54, 1.807) is 0 Å². The standard InChI is InChI=1S/C7H7F3N2O4S2/c8-5-2-1-4(17(11,13)14)3-6(5)12-18(15,16)7(9)10/h1-3,7,12H,(H2,11,13,14). The lowest BCUT2D eigenvalue weighted by Gasteiger charge is -2.09. The highest BCUT2D eigenvalue weighted by Crippen LogP contribution is 2.21. The van der Waals surface area contributed by atoms with E-state index in [1.807, 2.05) is 0 Å². The number of nitrogens with one attached hydrogen (secondary N) is 1. The number of primary sulfonamides is 1. The van der Waals surface area contributed by atoms with Crippen LogP contribution in [0.25, 0.3) is 0 Å². The van der Waals surface area contributed by atoms with E-state index in [9.17, 15) is 30.0 Å². The van der Waals surface area contributed by atoms with Crippen molar-refractivity contribution in [1.82, 2.24) is 0 Å². The van der Waals surface area contributed by atoms with Gasteiger partial charge in [-0.2, -0.15) is 8.78 Å². The minimum atomic E-state index is -5.09. The van der Waals surface area contributed by atoms with Crippen LogP contribution in [-0.4, -0.2) is 22.6 Å². The van der Waals surface area contributed by atoms with Crippen molar-refractivity contribution in [3.05, 3.63) is 24.0 Å². The highest BCUT2D eigenvalue weighted by Gasteiger charge is 2.25. The van der Waals surface area contributed by atoms with Crippen LogP contribution in [0.15, 0.2) is 23.1 Å². The summed E-state index contributed by atoms with van der Waals surface area (Å²) in [7, 11) is -9.30. The summed E-state index contributed by atoms with van der Waals surface area (Å²) in [5, 5.41) is 4.72. The third-order valence-corrected chi connectivity index (χ3v) is 3.64. The second kappa shape index (κ2) is 4.74. The monoisotopic (exact) mass is 304 g/mol. The van der Waals surface area contributed by atoms with Crippen molar-refractivity contribution in [2.75, 3.05) is 4.72 Å². The Kier molecular flexibility index (Phi) is 3.88. The molecule has 0 bridgehead atoms. The van der Waals surface area contributed by atoms with Gasteiger partial charge in [0.2, 0.25) is 10.0 Å². The Hall–Kier alpha value is -1.33. The molecule has 18 heavy (non-hydrogen) atoms. The Morgan fingerprint density at radius 3 is 2.17 bits per heavy atom. The van der Waals surface area contributed by atoms with Gasteiger partial charge < -0.3 is 0 Å². The number of sulfonamides is 2. The fourth-order valence-corrected chi connectivity index (χ4v) is 2.05. The van der Waals surface area contributed by atoms with Crippen molar-refractivity contribution in [2.45, 2.75) is 10.7 Å². The lowest BCUT2D eigenvalue weighted by molar-refractivity contribution is 0.236. The Morgan fingerprint density at radius 1 is 1.17 bits per heavy atom. The number of anilines is 1. The first kappa shape index (κ1) is 14.7. The number of benzene rings is 1. The van der Waals surface area contributed by atoms with Gasteiger partial charge in [0, 0.05) is 0 Å². The molecule has 0 fully saturated rings. The number of halogens is 3. The SMILES string of the molecule is NS(=O)(=O)c1ccc(F)c(NS(=O)(=O)C(F)F)c1. The summed E-state index contributed by atoms with van der Waals surface area (Å²) in [6.45, 7) is 0. The van der Waals surface area contributed by atoms with Gasteiger partial charge in [0.05, 0.1) is 10.6 Å². The third kappa shape index (κ3) is 3.34. The maximum atomic E-state index is 13.1. The normalized spacial score (nSPS) is 12.7. The molecular formula is C7H7F3N2O4S2. The maximum absolute atomic E-state index is 13.1. The average molecular weight is 304 g/mol. The van der Waals surface area contributed by atoms with Gasteiger partial charge in [0.1, 0.15) is 5.82 Å². The van der Waals surface area contributed by atoms with E-state index in [0.29, 0.717) is 12.1 Å². The van der Waals surface area contributed by atoms with Gasteiger partial charge in [0.25, 0.3) is 10.0 Å². The van der Waals surface area contributed by atoms with Crippen LogP contribution in [-0.2, 0) is 20.0 Å². The van der Waals surface area contributed by atoms with Crippen molar-refractivity contribution in [3.8, 4) is 0 Å². The summed E-state index contributed by atoms with van der Waals surface area (Å²) in [6.07, 6.45) is 0. The summed E-state index contributed by atoms with van der Waals surface area (Å²) in [4.78, 5) is -0.615. The lowest BCUT2D eigenvalue weighted by Crippen LogP contribution is -2.21. The molecule has 0 aliphatic carbocycles. The first-order valence-electron chi connectivity index (χ1n) is 4.16. The first-order chi connectivity index (χ1) is 8.04. The molecule has 102 valence electrons. The van der Waals surface area contributed by atoms with Gasteiger partial charge in [0.15, 0.2) is 0 Å². The topological polar surface area (TPSA) is 106 Å². The van der Waals surface area contributed by atoms with E-state index in [1.165, 1.54) is 4.72 Å². The van der Waals surface area contributed by atoms with E-state index >= 15 is 0 Å². The van der Waals surface area contributed by atoms with E-state index in [4.69, 9.17) is 5.14 Å². The van der Waals surface area contributed by atoms with Crippen LogP contribution in [0.1, 0.15) is 0 Å². The molecule has 0 aromatic heterocycles. The number of alkyl halides is 2. The van der Waals surface area contributed by atoms with Crippen LogP contribution in [0.2, 0.25) is 0 Å². The summed E-state index contributed by atoms with van der Waals surface area (Å²) < 4.78 is 81.9. The largest absolute Gasteiger partial charge is 0.355 e. The van der Waals surface area contributed by atoms with Gasteiger partial charge in [-0.05, 0) is 18.2 Å². The predicted octanol–water partition coefficient (Wildman–Crippen LogP) is 0.437. The summed E-state index contributed by atoms with van der Waals surface area (Å²) in [5.41, 5.74) is -0.929. The molecule has 0 aliphatic rings. The smallest absolute Gasteiger partial charge is 0.276 e. The molecule has 0 amide bonds. The van der Waals surface area contributed by atoms with Gasteiger partial charge in [-0.3, -0.25) is 4.72 Å². The zero-order chi connectivity index (χ0) is 14.1. The van der Waals surface area contributed by atoms with Gasteiger partial charge >= 0.3 is 5.76 Å². The second-order valence-electron chi connectivity index (χ2n) is 3.09. The van der Waals surface area contributed by atoms with E-state index in [2.05, 4.69) is 0 Å². The fourth-order valence-electron chi connectivity index (χ4n) is 0.957. The van der Waals surface area contributed by atoms with Crippen LogP contribution < -0.4 is 9.86 Å². The van der Waals surface area contributed by atoms with E-state index < -0.39 is 42.2 Å². The molecule has 0 spiro atoms. The van der Waals surface area contributed by atoms with E-state index in [0.717, 1.165) is 6.07 Å². The molecule has 0 radical (unpaired) electrons. The highest BCUT2D eigenvalue weighted by atomic mass is 32.2. The number of rotatable bonds is 4. The molecule has 0 saturated carbocycles. The van der Waals surface area contributed by atoms with Gasteiger partial charge in [-0.15, -0.1) is 0 Å². The molecule has 0 unspecified atom stereocenters. The fraction of sp³-hybridized carbons (Fsp3) is 0.143. The molecule has 1 rings (SSSR count). The Labute approximate surface area is 101 Å². The zero-order valence-corrected chi connectivity index (χ0v) is 10.1. The van der Waals surface area contributed by atoms with Crippen LogP contribution in [0.4, 0.5) is 18.9 Å². The molecule has 0 aliphatic heterocycles. The number of hydrogen-bond donors (Lipinski definition) is 2. The average Bonchev–Trinajstić information content (AvgIpc) is 2.19. The third-order valence-electron chi connectivity index (χ3n) is 1.75. The number of nitrogens with two attached hydrogens (primary N) is 1. The summed E-state index contributed by atoms with van der Waals surface area (Å²) >= 11 is 0. The Morgan fingerprint density at radius 2 is 1.72 bits per heavy atom. The first-order valence-corrected chi connectivity index (χ1v) is 7.25. The highest BCUT2D eigenvalue weighted by molar-refractivity contribution is 7.93. The van der Waals surface area contributed by atoms with Crippen LogP contribution in [0, 0.1) is 5.82 Å². The molecule has 0 saturated heterocycles. The molecule has 0 heterocycles. The zero-order valence-electron chi connectivity index (χ0n) is 8.47. The maximum Gasteiger partial charge on any atom is 0.355 e. The van der Waals surface area contributed by atoms with Crippen molar-refractivity contribution in [2.24, 2.45) is 5.14 Å². The second-order valence-corrected chi connectivity index (χ2v) is 6.31. The van der Waals surface area contributed by atoms with E-state index in [-0.39, 0.29) is 0 Å². The van der Waals surface area contributed by atoms with Crippen molar-refractivity contribution < 1.29 is 30.0 Å².